The van der Waals surface area contributed by atoms with Gasteiger partial charge in [0.15, 0.2) is 6.61 Å². The first-order valence-corrected chi connectivity index (χ1v) is 8.99. The SMILES string of the molecule is Cc1ccc(OCC(=O)NNC(=O)CC(C)NC(=O)c2ccccc2)cc1C. The van der Waals surface area contributed by atoms with E-state index in [1.54, 1.807) is 37.3 Å². The molecular weight excluding hydrogens is 358 g/mol. The van der Waals surface area contributed by atoms with Crippen molar-refractivity contribution in [1.82, 2.24) is 16.2 Å². The van der Waals surface area contributed by atoms with Gasteiger partial charge in [-0.15, -0.1) is 0 Å². The van der Waals surface area contributed by atoms with Gasteiger partial charge in [0.25, 0.3) is 11.8 Å². The van der Waals surface area contributed by atoms with E-state index in [1.165, 1.54) is 0 Å². The van der Waals surface area contributed by atoms with Crippen LogP contribution in [0.4, 0.5) is 0 Å². The summed E-state index contributed by atoms with van der Waals surface area (Å²) in [5.74, 6) is -0.568. The highest BCUT2D eigenvalue weighted by Gasteiger charge is 2.14. The standard InChI is InChI=1S/C21H25N3O4/c1-14-9-10-18(11-15(14)2)28-13-20(26)24-23-19(25)12-16(3)22-21(27)17-7-5-4-6-8-17/h4-11,16H,12-13H2,1-3H3,(H,22,27)(H,23,25)(H,24,26). The predicted molar refractivity (Wildman–Crippen MR) is 106 cm³/mol. The van der Waals surface area contributed by atoms with Crippen LogP contribution in [0.1, 0.15) is 34.8 Å². The molecule has 0 aliphatic rings. The highest BCUT2D eigenvalue weighted by atomic mass is 16.5. The first-order valence-electron chi connectivity index (χ1n) is 8.99. The predicted octanol–water partition coefficient (Wildman–Crippen LogP) is 2.04. The highest BCUT2D eigenvalue weighted by Crippen LogP contribution is 2.16. The number of hydrazine groups is 1. The molecule has 0 aromatic heterocycles. The number of hydrogen-bond donors (Lipinski definition) is 3. The maximum Gasteiger partial charge on any atom is 0.276 e. The molecule has 0 bridgehead atoms. The Balaban J connectivity index is 1.68. The zero-order valence-electron chi connectivity index (χ0n) is 16.2. The fourth-order valence-corrected chi connectivity index (χ4v) is 2.40. The molecule has 1 atom stereocenters. The lowest BCUT2D eigenvalue weighted by atomic mass is 10.1. The Hall–Kier alpha value is -3.35. The van der Waals surface area contributed by atoms with Crippen molar-refractivity contribution >= 4 is 17.7 Å². The lowest BCUT2D eigenvalue weighted by Gasteiger charge is -2.14. The fourth-order valence-electron chi connectivity index (χ4n) is 2.40. The van der Waals surface area contributed by atoms with Crippen LogP contribution in [0, 0.1) is 13.8 Å². The Morgan fingerprint density at radius 3 is 2.29 bits per heavy atom. The average molecular weight is 383 g/mol. The normalized spacial score (nSPS) is 11.2. The summed E-state index contributed by atoms with van der Waals surface area (Å²) in [7, 11) is 0. The first-order chi connectivity index (χ1) is 13.3. The molecule has 0 heterocycles. The van der Waals surface area contributed by atoms with Crippen molar-refractivity contribution in [2.45, 2.75) is 33.2 Å². The molecule has 0 radical (unpaired) electrons. The van der Waals surface area contributed by atoms with E-state index in [9.17, 15) is 14.4 Å². The van der Waals surface area contributed by atoms with Gasteiger partial charge in [0.05, 0.1) is 0 Å². The number of hydrogen-bond acceptors (Lipinski definition) is 4. The van der Waals surface area contributed by atoms with Crippen molar-refractivity contribution < 1.29 is 19.1 Å². The molecule has 0 saturated carbocycles. The summed E-state index contributed by atoms with van der Waals surface area (Å²) in [6, 6.07) is 13.9. The van der Waals surface area contributed by atoms with Gasteiger partial charge in [0, 0.05) is 18.0 Å². The van der Waals surface area contributed by atoms with Crippen LogP contribution in [0.3, 0.4) is 0 Å². The molecule has 2 aromatic rings. The topological polar surface area (TPSA) is 96.5 Å². The van der Waals surface area contributed by atoms with E-state index in [1.807, 2.05) is 32.0 Å². The van der Waals surface area contributed by atoms with Crippen LogP contribution in [0.5, 0.6) is 5.75 Å². The van der Waals surface area contributed by atoms with E-state index in [0.717, 1.165) is 11.1 Å². The third kappa shape index (κ3) is 6.75. The summed E-state index contributed by atoms with van der Waals surface area (Å²) < 4.78 is 5.40. The van der Waals surface area contributed by atoms with Crippen molar-refractivity contribution in [2.75, 3.05) is 6.61 Å². The van der Waals surface area contributed by atoms with Gasteiger partial charge < -0.3 is 10.1 Å². The Morgan fingerprint density at radius 1 is 0.929 bits per heavy atom. The zero-order valence-corrected chi connectivity index (χ0v) is 16.2. The second kappa shape index (κ2) is 10.1. The number of ether oxygens (including phenoxy) is 1. The second-order valence-corrected chi connectivity index (χ2v) is 6.58. The van der Waals surface area contributed by atoms with Gasteiger partial charge in [0.2, 0.25) is 5.91 Å². The molecule has 0 fully saturated rings. The molecule has 28 heavy (non-hydrogen) atoms. The average Bonchev–Trinajstić information content (AvgIpc) is 2.67. The molecule has 0 aliphatic carbocycles. The number of carbonyl (C=O) groups is 3. The smallest absolute Gasteiger partial charge is 0.276 e. The Bertz CT molecular complexity index is 837. The maximum absolute atomic E-state index is 12.0. The third-order valence-electron chi connectivity index (χ3n) is 4.09. The largest absolute Gasteiger partial charge is 0.484 e. The molecule has 0 saturated heterocycles. The van der Waals surface area contributed by atoms with E-state index < -0.39 is 17.9 Å². The lowest BCUT2D eigenvalue weighted by molar-refractivity contribution is -0.130. The summed E-state index contributed by atoms with van der Waals surface area (Å²) in [4.78, 5) is 35.8. The summed E-state index contributed by atoms with van der Waals surface area (Å²) >= 11 is 0. The maximum atomic E-state index is 12.0. The second-order valence-electron chi connectivity index (χ2n) is 6.58. The van der Waals surface area contributed by atoms with Gasteiger partial charge in [-0.1, -0.05) is 24.3 Å². The monoisotopic (exact) mass is 383 g/mol. The molecule has 0 aliphatic heterocycles. The number of nitrogens with one attached hydrogen (secondary N) is 3. The van der Waals surface area contributed by atoms with Crippen LogP contribution in [-0.4, -0.2) is 30.4 Å². The zero-order chi connectivity index (χ0) is 20.5. The van der Waals surface area contributed by atoms with E-state index in [-0.39, 0.29) is 18.9 Å². The summed E-state index contributed by atoms with van der Waals surface area (Å²) in [6.45, 7) is 5.44. The number of rotatable bonds is 7. The fraction of sp³-hybridized carbons (Fsp3) is 0.286. The van der Waals surface area contributed by atoms with Crippen molar-refractivity contribution in [2.24, 2.45) is 0 Å². The van der Waals surface area contributed by atoms with Gasteiger partial charge in [0.1, 0.15) is 5.75 Å². The molecule has 2 rings (SSSR count). The van der Waals surface area contributed by atoms with Gasteiger partial charge in [-0.3, -0.25) is 25.2 Å². The minimum atomic E-state index is -0.479. The minimum Gasteiger partial charge on any atom is -0.484 e. The van der Waals surface area contributed by atoms with Crippen LogP contribution in [0.2, 0.25) is 0 Å². The van der Waals surface area contributed by atoms with Crippen LogP contribution >= 0.6 is 0 Å². The Morgan fingerprint density at radius 2 is 1.61 bits per heavy atom. The molecule has 7 heteroatoms. The molecule has 3 N–H and O–H groups in total. The molecule has 7 nitrogen and oxygen atoms in total. The van der Waals surface area contributed by atoms with Crippen LogP contribution in [0.25, 0.3) is 0 Å². The molecule has 2 aromatic carbocycles. The summed E-state index contributed by atoms with van der Waals surface area (Å²) in [5, 5.41) is 2.73. The number of aryl methyl sites for hydroxylation is 2. The Kier molecular flexibility index (Phi) is 7.56. The minimum absolute atomic E-state index is 0.0247. The van der Waals surface area contributed by atoms with E-state index >= 15 is 0 Å². The van der Waals surface area contributed by atoms with Gasteiger partial charge in [-0.2, -0.15) is 0 Å². The van der Waals surface area contributed by atoms with E-state index in [0.29, 0.717) is 11.3 Å². The Labute approximate surface area is 164 Å². The lowest BCUT2D eigenvalue weighted by Crippen LogP contribution is -2.46. The molecule has 3 amide bonds. The summed E-state index contributed by atoms with van der Waals surface area (Å²) in [6.07, 6.45) is 0.0247. The van der Waals surface area contributed by atoms with Crippen molar-refractivity contribution in [1.29, 1.82) is 0 Å². The molecule has 0 spiro atoms. The number of amides is 3. The van der Waals surface area contributed by atoms with Gasteiger partial charge in [-0.25, -0.2) is 0 Å². The number of benzene rings is 2. The van der Waals surface area contributed by atoms with Gasteiger partial charge >= 0.3 is 0 Å². The van der Waals surface area contributed by atoms with Crippen LogP contribution in [-0.2, 0) is 9.59 Å². The molecule has 1 unspecified atom stereocenters. The van der Waals surface area contributed by atoms with Crippen molar-refractivity contribution in [3.05, 3.63) is 65.2 Å². The van der Waals surface area contributed by atoms with Crippen molar-refractivity contribution in [3.8, 4) is 5.75 Å². The molecular formula is C21H25N3O4. The molecule has 148 valence electrons. The van der Waals surface area contributed by atoms with Crippen LogP contribution < -0.4 is 20.9 Å². The summed E-state index contributed by atoms with van der Waals surface area (Å²) in [5.41, 5.74) is 7.33. The first kappa shape index (κ1) is 21.0. The number of carbonyl (C=O) groups excluding carboxylic acids is 3. The van der Waals surface area contributed by atoms with Crippen molar-refractivity contribution in [3.63, 3.8) is 0 Å². The van der Waals surface area contributed by atoms with E-state index in [2.05, 4.69) is 16.2 Å². The highest BCUT2D eigenvalue weighted by molar-refractivity contribution is 5.94. The van der Waals surface area contributed by atoms with Crippen LogP contribution in [0.15, 0.2) is 48.5 Å². The quantitative estimate of drug-likeness (QED) is 0.638. The van der Waals surface area contributed by atoms with Gasteiger partial charge in [-0.05, 0) is 56.2 Å². The van der Waals surface area contributed by atoms with E-state index in [4.69, 9.17) is 4.74 Å². The third-order valence-corrected chi connectivity index (χ3v) is 4.09.